The van der Waals surface area contributed by atoms with Crippen LogP contribution in [0, 0.1) is 0 Å². The number of morpholine rings is 1. The van der Waals surface area contributed by atoms with Crippen LogP contribution < -0.4 is 10.6 Å². The van der Waals surface area contributed by atoms with Gasteiger partial charge >= 0.3 is 0 Å². The van der Waals surface area contributed by atoms with Gasteiger partial charge in [-0.25, -0.2) is 0 Å². The lowest BCUT2D eigenvalue weighted by Gasteiger charge is -2.25. The van der Waals surface area contributed by atoms with Crippen LogP contribution in [0.1, 0.15) is 16.5 Å². The van der Waals surface area contributed by atoms with Crippen molar-refractivity contribution >= 4 is 41.3 Å². The molecule has 124 valence electrons. The summed E-state index contributed by atoms with van der Waals surface area (Å²) in [5, 5.41) is 8.94. The second-order valence-corrected chi connectivity index (χ2v) is 6.49. The van der Waals surface area contributed by atoms with Gasteiger partial charge < -0.3 is 15.4 Å². The number of halogens is 2. The van der Waals surface area contributed by atoms with Crippen molar-refractivity contribution in [3.63, 3.8) is 0 Å². The summed E-state index contributed by atoms with van der Waals surface area (Å²) in [6.45, 7) is 1.89. The van der Waals surface area contributed by atoms with E-state index in [0.717, 1.165) is 17.0 Å². The van der Waals surface area contributed by atoms with Gasteiger partial charge in [-0.05, 0) is 29.1 Å². The zero-order chi connectivity index (χ0) is 15.4. The van der Waals surface area contributed by atoms with E-state index in [4.69, 9.17) is 16.3 Å². The molecule has 0 aliphatic carbocycles. The van der Waals surface area contributed by atoms with Crippen molar-refractivity contribution in [2.45, 2.75) is 12.1 Å². The van der Waals surface area contributed by atoms with Crippen molar-refractivity contribution in [2.24, 2.45) is 0 Å². The molecule has 23 heavy (non-hydrogen) atoms. The van der Waals surface area contributed by atoms with E-state index in [0.29, 0.717) is 18.2 Å². The SMILES string of the molecule is Cl.O=C(NC(c1ccc(Cl)cc1)c1cccs1)C1CNCCO1. The fraction of sp³-hybridized carbons (Fsp3) is 0.312. The summed E-state index contributed by atoms with van der Waals surface area (Å²) in [7, 11) is 0. The van der Waals surface area contributed by atoms with Gasteiger partial charge in [0.25, 0.3) is 5.91 Å². The molecule has 1 aromatic carbocycles. The molecule has 2 aromatic rings. The van der Waals surface area contributed by atoms with Gasteiger partial charge in [-0.15, -0.1) is 23.7 Å². The van der Waals surface area contributed by atoms with Crippen LogP contribution in [0.15, 0.2) is 41.8 Å². The molecule has 1 aliphatic rings. The summed E-state index contributed by atoms with van der Waals surface area (Å²) >= 11 is 7.57. The Balaban J connectivity index is 0.00000192. The molecule has 3 rings (SSSR count). The van der Waals surface area contributed by atoms with Crippen molar-refractivity contribution in [1.82, 2.24) is 10.6 Å². The predicted octanol–water partition coefficient (Wildman–Crippen LogP) is 3.02. The number of carbonyl (C=O) groups is 1. The number of nitrogens with one attached hydrogen (secondary N) is 2. The molecular formula is C16H18Cl2N2O2S. The fourth-order valence-electron chi connectivity index (χ4n) is 2.40. The van der Waals surface area contributed by atoms with Crippen molar-refractivity contribution in [2.75, 3.05) is 19.7 Å². The minimum absolute atomic E-state index is 0. The molecule has 4 nitrogen and oxygen atoms in total. The predicted molar refractivity (Wildman–Crippen MR) is 95.6 cm³/mol. The Hall–Kier alpha value is -1.11. The highest BCUT2D eigenvalue weighted by Gasteiger charge is 2.25. The number of amides is 1. The van der Waals surface area contributed by atoms with E-state index >= 15 is 0 Å². The second kappa shape index (κ2) is 8.66. The van der Waals surface area contributed by atoms with E-state index in [1.807, 2.05) is 41.8 Å². The molecule has 7 heteroatoms. The Morgan fingerprint density at radius 1 is 1.35 bits per heavy atom. The largest absolute Gasteiger partial charge is 0.366 e. The van der Waals surface area contributed by atoms with Crippen LogP contribution >= 0.6 is 35.3 Å². The average molecular weight is 373 g/mol. The number of benzene rings is 1. The van der Waals surface area contributed by atoms with Crippen LogP contribution in [0.3, 0.4) is 0 Å². The third kappa shape index (κ3) is 4.68. The Labute approximate surface area is 150 Å². The maximum Gasteiger partial charge on any atom is 0.251 e. The molecule has 1 fully saturated rings. The summed E-state index contributed by atoms with van der Waals surface area (Å²) in [6.07, 6.45) is -0.441. The molecule has 2 N–H and O–H groups in total. The van der Waals surface area contributed by atoms with Crippen molar-refractivity contribution in [1.29, 1.82) is 0 Å². The topological polar surface area (TPSA) is 50.4 Å². The van der Waals surface area contributed by atoms with Crippen LogP contribution in [-0.4, -0.2) is 31.7 Å². The molecule has 1 aromatic heterocycles. The molecule has 0 saturated carbocycles. The normalized spacial score (nSPS) is 18.7. The van der Waals surface area contributed by atoms with Gasteiger partial charge in [-0.3, -0.25) is 4.79 Å². The van der Waals surface area contributed by atoms with E-state index in [1.54, 1.807) is 11.3 Å². The van der Waals surface area contributed by atoms with Gasteiger partial charge in [0, 0.05) is 23.0 Å². The summed E-state index contributed by atoms with van der Waals surface area (Å²) in [5.74, 6) is -0.0967. The summed E-state index contributed by atoms with van der Waals surface area (Å²) in [5.41, 5.74) is 1.00. The van der Waals surface area contributed by atoms with Gasteiger partial charge in [0.2, 0.25) is 0 Å². The minimum atomic E-state index is -0.441. The zero-order valence-electron chi connectivity index (χ0n) is 12.3. The molecule has 0 radical (unpaired) electrons. The first kappa shape index (κ1) is 18.2. The highest BCUT2D eigenvalue weighted by atomic mass is 35.5. The number of rotatable bonds is 4. The lowest BCUT2D eigenvalue weighted by atomic mass is 10.0. The first-order chi connectivity index (χ1) is 10.7. The first-order valence-corrected chi connectivity index (χ1v) is 8.41. The number of carbonyl (C=O) groups excluding carboxylic acids is 1. The number of hydrogen-bond donors (Lipinski definition) is 2. The molecule has 1 amide bonds. The van der Waals surface area contributed by atoms with E-state index in [2.05, 4.69) is 10.6 Å². The van der Waals surface area contributed by atoms with E-state index in [9.17, 15) is 4.79 Å². The maximum absolute atomic E-state index is 12.4. The van der Waals surface area contributed by atoms with Crippen LogP contribution in [0.5, 0.6) is 0 Å². The molecule has 2 atom stereocenters. The average Bonchev–Trinajstić information content (AvgIpc) is 3.08. The molecule has 0 spiro atoms. The first-order valence-electron chi connectivity index (χ1n) is 7.15. The number of ether oxygens (including phenoxy) is 1. The number of hydrogen-bond acceptors (Lipinski definition) is 4. The van der Waals surface area contributed by atoms with Crippen molar-refractivity contribution < 1.29 is 9.53 Å². The Morgan fingerprint density at radius 3 is 2.74 bits per heavy atom. The monoisotopic (exact) mass is 372 g/mol. The molecule has 1 aliphatic heterocycles. The molecule has 2 heterocycles. The van der Waals surface area contributed by atoms with Crippen LogP contribution in [0.2, 0.25) is 5.02 Å². The minimum Gasteiger partial charge on any atom is -0.366 e. The molecule has 0 bridgehead atoms. The molecular weight excluding hydrogens is 355 g/mol. The van der Waals surface area contributed by atoms with Gasteiger partial charge in [0.15, 0.2) is 0 Å². The quantitative estimate of drug-likeness (QED) is 0.866. The third-order valence-corrected chi connectivity index (χ3v) is 4.73. The lowest BCUT2D eigenvalue weighted by molar-refractivity contribution is -0.134. The van der Waals surface area contributed by atoms with E-state index < -0.39 is 6.10 Å². The summed E-state index contributed by atoms with van der Waals surface area (Å²) < 4.78 is 5.52. The summed E-state index contributed by atoms with van der Waals surface area (Å²) in [4.78, 5) is 13.5. The highest BCUT2D eigenvalue weighted by Crippen LogP contribution is 2.27. The van der Waals surface area contributed by atoms with Crippen molar-refractivity contribution in [3.05, 3.63) is 57.2 Å². The van der Waals surface area contributed by atoms with Gasteiger partial charge in [0.05, 0.1) is 12.6 Å². The Kier molecular flexibility index (Phi) is 6.87. The van der Waals surface area contributed by atoms with Crippen molar-refractivity contribution in [3.8, 4) is 0 Å². The third-order valence-electron chi connectivity index (χ3n) is 3.54. The number of thiophene rings is 1. The van der Waals surface area contributed by atoms with E-state index in [-0.39, 0.29) is 24.4 Å². The van der Waals surface area contributed by atoms with Crippen LogP contribution in [-0.2, 0) is 9.53 Å². The molecule has 1 saturated heterocycles. The zero-order valence-corrected chi connectivity index (χ0v) is 14.7. The van der Waals surface area contributed by atoms with Gasteiger partial charge in [-0.1, -0.05) is 29.8 Å². The Morgan fingerprint density at radius 2 is 2.13 bits per heavy atom. The second-order valence-electron chi connectivity index (χ2n) is 5.07. The molecule has 2 unspecified atom stereocenters. The lowest BCUT2D eigenvalue weighted by Crippen LogP contribution is -2.48. The highest BCUT2D eigenvalue weighted by molar-refractivity contribution is 7.10. The van der Waals surface area contributed by atoms with Crippen LogP contribution in [0.25, 0.3) is 0 Å². The summed E-state index contributed by atoms with van der Waals surface area (Å²) in [6, 6.07) is 11.4. The van der Waals surface area contributed by atoms with Crippen LogP contribution in [0.4, 0.5) is 0 Å². The smallest absolute Gasteiger partial charge is 0.251 e. The van der Waals surface area contributed by atoms with E-state index in [1.165, 1.54) is 0 Å². The fourth-order valence-corrected chi connectivity index (χ4v) is 3.33. The standard InChI is InChI=1S/C16H17ClN2O2S.ClH/c17-12-5-3-11(4-6-12)15(14-2-1-9-22-14)19-16(20)13-10-18-7-8-21-13;/h1-6,9,13,15,18H,7-8,10H2,(H,19,20);1H. The Bertz CT molecular complexity index is 614. The van der Waals surface area contributed by atoms with Gasteiger partial charge in [0.1, 0.15) is 6.10 Å². The maximum atomic E-state index is 12.4. The van der Waals surface area contributed by atoms with Gasteiger partial charge in [-0.2, -0.15) is 0 Å².